The van der Waals surface area contributed by atoms with Crippen molar-refractivity contribution in [3.8, 4) is 5.75 Å². The topological polar surface area (TPSA) is 60.3 Å². The van der Waals surface area contributed by atoms with E-state index in [1.807, 2.05) is 25.2 Å². The summed E-state index contributed by atoms with van der Waals surface area (Å²) >= 11 is 0. The van der Waals surface area contributed by atoms with E-state index in [1.165, 1.54) is 11.1 Å². The number of rotatable bonds is 4. The monoisotopic (exact) mass is 550 g/mol. The van der Waals surface area contributed by atoms with E-state index in [4.69, 9.17) is 4.74 Å². The molecule has 2 aromatic rings. The van der Waals surface area contributed by atoms with Crippen LogP contribution in [0, 0.1) is 6.92 Å². The van der Waals surface area contributed by atoms with Gasteiger partial charge >= 0.3 is 0 Å². The predicted octanol–water partition coefficient (Wildman–Crippen LogP) is 3.76. The molecule has 2 aromatic carbocycles. The third-order valence-electron chi connectivity index (χ3n) is 6.76. The minimum atomic E-state index is 0. The van der Waals surface area contributed by atoms with Crippen LogP contribution in [0.25, 0.3) is 0 Å². The molecule has 2 heterocycles. The Labute approximate surface area is 208 Å². The van der Waals surface area contributed by atoms with E-state index in [9.17, 15) is 5.11 Å². The molecule has 7 heteroatoms. The first kappa shape index (κ1) is 24.6. The summed E-state index contributed by atoms with van der Waals surface area (Å²) in [6.07, 6.45) is 2.03. The predicted molar refractivity (Wildman–Crippen MR) is 142 cm³/mol. The SMILES string of the molecule is CN=C(NCC1(c2ccccc2C)CCOCC1)N1CCN(c2ccccc2O)CC1.I. The lowest BCUT2D eigenvalue weighted by molar-refractivity contribution is 0.0509. The maximum absolute atomic E-state index is 10.2. The number of para-hydroxylation sites is 2. The number of benzene rings is 2. The molecule has 0 bridgehead atoms. The average molecular weight is 550 g/mol. The lowest BCUT2D eigenvalue weighted by atomic mass is 9.72. The highest BCUT2D eigenvalue weighted by molar-refractivity contribution is 14.0. The van der Waals surface area contributed by atoms with E-state index in [-0.39, 0.29) is 29.4 Å². The summed E-state index contributed by atoms with van der Waals surface area (Å²) < 4.78 is 5.70. The van der Waals surface area contributed by atoms with Crippen LogP contribution in [-0.4, -0.2) is 69.0 Å². The minimum Gasteiger partial charge on any atom is -0.506 e. The molecule has 0 atom stereocenters. The van der Waals surface area contributed by atoms with Gasteiger partial charge in [0.25, 0.3) is 0 Å². The third kappa shape index (κ3) is 5.31. The lowest BCUT2D eigenvalue weighted by Crippen LogP contribution is -2.55. The summed E-state index contributed by atoms with van der Waals surface area (Å²) in [5.74, 6) is 1.30. The van der Waals surface area contributed by atoms with Crippen molar-refractivity contribution in [2.45, 2.75) is 25.2 Å². The Morgan fingerprint density at radius 2 is 1.69 bits per heavy atom. The van der Waals surface area contributed by atoms with E-state index in [0.717, 1.165) is 70.4 Å². The van der Waals surface area contributed by atoms with Gasteiger partial charge in [0.15, 0.2) is 5.96 Å². The number of hydrogen-bond acceptors (Lipinski definition) is 4. The quantitative estimate of drug-likeness (QED) is 0.345. The minimum absolute atomic E-state index is 0. The zero-order valence-corrected chi connectivity index (χ0v) is 21.4. The van der Waals surface area contributed by atoms with Gasteiger partial charge in [-0.15, -0.1) is 24.0 Å². The number of ether oxygens (including phenoxy) is 1. The largest absolute Gasteiger partial charge is 0.506 e. The van der Waals surface area contributed by atoms with Crippen LogP contribution < -0.4 is 10.2 Å². The Morgan fingerprint density at radius 3 is 2.34 bits per heavy atom. The number of aryl methyl sites for hydroxylation is 1. The van der Waals surface area contributed by atoms with Gasteiger partial charge in [0.2, 0.25) is 0 Å². The number of piperazine rings is 1. The van der Waals surface area contributed by atoms with Crippen LogP contribution in [0.5, 0.6) is 5.75 Å². The van der Waals surface area contributed by atoms with Crippen LogP contribution in [0.3, 0.4) is 0 Å². The van der Waals surface area contributed by atoms with Gasteiger partial charge in [-0.2, -0.15) is 0 Å². The standard InChI is InChI=1S/C25H34N4O2.HI/c1-20-7-3-4-8-21(20)25(11-17-31-18-12-25)19-27-24(26-2)29-15-13-28(14-16-29)22-9-5-6-10-23(22)30;/h3-10,30H,11-19H2,1-2H3,(H,26,27);1H. The second kappa shape index (κ2) is 11.2. The Kier molecular flexibility index (Phi) is 8.64. The van der Waals surface area contributed by atoms with E-state index < -0.39 is 0 Å². The Bertz CT molecular complexity index is 906. The number of guanidine groups is 1. The molecule has 0 unspecified atom stereocenters. The molecule has 2 saturated heterocycles. The number of phenols is 1. The van der Waals surface area contributed by atoms with Gasteiger partial charge in [-0.3, -0.25) is 4.99 Å². The van der Waals surface area contributed by atoms with Gasteiger partial charge in [0, 0.05) is 58.4 Å². The first-order valence-electron chi connectivity index (χ1n) is 11.3. The van der Waals surface area contributed by atoms with Gasteiger partial charge in [-0.05, 0) is 43.0 Å². The molecule has 0 aromatic heterocycles. The Hall–Kier alpha value is -2.00. The molecule has 2 N–H and O–H groups in total. The highest BCUT2D eigenvalue weighted by atomic mass is 127. The lowest BCUT2D eigenvalue weighted by Gasteiger charge is -2.41. The summed E-state index contributed by atoms with van der Waals surface area (Å²) in [7, 11) is 1.86. The zero-order valence-electron chi connectivity index (χ0n) is 19.1. The van der Waals surface area contributed by atoms with E-state index in [2.05, 4.69) is 51.3 Å². The number of halogens is 1. The van der Waals surface area contributed by atoms with Gasteiger partial charge in [0.05, 0.1) is 5.69 Å². The molecule has 2 fully saturated rings. The maximum atomic E-state index is 10.2. The Balaban J connectivity index is 0.00000289. The first-order chi connectivity index (χ1) is 15.1. The summed E-state index contributed by atoms with van der Waals surface area (Å²) in [6, 6.07) is 16.3. The second-order valence-corrected chi connectivity index (χ2v) is 8.57. The number of hydrogen-bond donors (Lipinski definition) is 2. The summed E-state index contributed by atoms with van der Waals surface area (Å²) in [6.45, 7) is 8.11. The number of nitrogens with zero attached hydrogens (tertiary/aromatic N) is 3. The molecule has 4 rings (SSSR count). The fraction of sp³-hybridized carbons (Fsp3) is 0.480. The molecule has 0 aliphatic carbocycles. The van der Waals surface area contributed by atoms with Gasteiger partial charge < -0.3 is 25.0 Å². The van der Waals surface area contributed by atoms with Crippen LogP contribution in [0.4, 0.5) is 5.69 Å². The second-order valence-electron chi connectivity index (χ2n) is 8.57. The van der Waals surface area contributed by atoms with Crippen molar-refractivity contribution in [1.82, 2.24) is 10.2 Å². The van der Waals surface area contributed by atoms with Crippen molar-refractivity contribution < 1.29 is 9.84 Å². The smallest absolute Gasteiger partial charge is 0.193 e. The molecule has 0 amide bonds. The fourth-order valence-corrected chi connectivity index (χ4v) is 4.94. The van der Waals surface area contributed by atoms with Gasteiger partial charge in [-0.1, -0.05) is 36.4 Å². The molecular formula is C25H35IN4O2. The van der Waals surface area contributed by atoms with E-state index in [0.29, 0.717) is 5.75 Å². The van der Waals surface area contributed by atoms with Crippen LogP contribution >= 0.6 is 24.0 Å². The summed E-state index contributed by atoms with van der Waals surface area (Å²) in [5.41, 5.74) is 3.74. The molecule has 174 valence electrons. The normalized spacial score (nSPS) is 18.8. The molecule has 0 spiro atoms. The van der Waals surface area contributed by atoms with Crippen LogP contribution in [0.15, 0.2) is 53.5 Å². The molecule has 2 aliphatic heterocycles. The number of phenolic OH excluding ortho intramolecular Hbond substituents is 1. The van der Waals surface area contributed by atoms with Crippen molar-refractivity contribution >= 4 is 35.6 Å². The average Bonchev–Trinajstić information content (AvgIpc) is 2.81. The number of aliphatic imine (C=N–C) groups is 1. The van der Waals surface area contributed by atoms with Crippen LogP contribution in [0.2, 0.25) is 0 Å². The van der Waals surface area contributed by atoms with Crippen LogP contribution in [0.1, 0.15) is 24.0 Å². The van der Waals surface area contributed by atoms with Gasteiger partial charge in [-0.25, -0.2) is 0 Å². The fourth-order valence-electron chi connectivity index (χ4n) is 4.94. The molecule has 32 heavy (non-hydrogen) atoms. The molecule has 6 nitrogen and oxygen atoms in total. The maximum Gasteiger partial charge on any atom is 0.193 e. The number of anilines is 1. The van der Waals surface area contributed by atoms with Crippen molar-refractivity contribution in [2.24, 2.45) is 4.99 Å². The molecule has 0 saturated carbocycles. The van der Waals surface area contributed by atoms with Crippen molar-refractivity contribution in [3.05, 3.63) is 59.7 Å². The summed E-state index contributed by atoms with van der Waals surface area (Å²) in [4.78, 5) is 9.15. The Morgan fingerprint density at radius 1 is 1.03 bits per heavy atom. The number of aromatic hydroxyl groups is 1. The number of nitrogens with one attached hydrogen (secondary N) is 1. The van der Waals surface area contributed by atoms with E-state index in [1.54, 1.807) is 6.07 Å². The third-order valence-corrected chi connectivity index (χ3v) is 6.76. The van der Waals surface area contributed by atoms with Crippen molar-refractivity contribution in [3.63, 3.8) is 0 Å². The van der Waals surface area contributed by atoms with Crippen molar-refractivity contribution in [1.29, 1.82) is 0 Å². The summed E-state index contributed by atoms with van der Waals surface area (Å²) in [5, 5.41) is 13.9. The molecule has 0 radical (unpaired) electrons. The molecule has 2 aliphatic rings. The molecular weight excluding hydrogens is 515 g/mol. The van der Waals surface area contributed by atoms with Crippen molar-refractivity contribution in [2.75, 3.05) is 57.9 Å². The highest BCUT2D eigenvalue weighted by Crippen LogP contribution is 2.36. The zero-order chi connectivity index (χ0) is 21.7. The van der Waals surface area contributed by atoms with Gasteiger partial charge in [0.1, 0.15) is 5.75 Å². The highest BCUT2D eigenvalue weighted by Gasteiger charge is 2.36. The van der Waals surface area contributed by atoms with Crippen LogP contribution in [-0.2, 0) is 10.2 Å². The first-order valence-corrected chi connectivity index (χ1v) is 11.3. The van der Waals surface area contributed by atoms with E-state index >= 15 is 0 Å².